The Kier molecular flexibility index (Phi) is 3.69. The van der Waals surface area contributed by atoms with Crippen LogP contribution in [0.3, 0.4) is 0 Å². The number of ether oxygens (including phenoxy) is 1. The highest BCUT2D eigenvalue weighted by molar-refractivity contribution is 5.62. The second-order valence-corrected chi connectivity index (χ2v) is 5.33. The summed E-state index contributed by atoms with van der Waals surface area (Å²) in [6.45, 7) is 0.832. The van der Waals surface area contributed by atoms with Gasteiger partial charge in [-0.15, -0.1) is 0 Å². The van der Waals surface area contributed by atoms with Crippen molar-refractivity contribution in [1.29, 1.82) is 0 Å². The van der Waals surface area contributed by atoms with E-state index < -0.39 is 0 Å². The number of nitrogens with zero attached hydrogens (tertiary/aromatic N) is 4. The number of hydrogen-bond donors (Lipinski definition) is 0. The highest BCUT2D eigenvalue weighted by Gasteiger charge is 2.16. The zero-order chi connectivity index (χ0) is 13.9. The average molecular weight is 272 g/mol. The summed E-state index contributed by atoms with van der Waals surface area (Å²) < 4.78 is 7.67. The molecule has 0 amide bonds. The van der Waals surface area contributed by atoms with Crippen molar-refractivity contribution < 1.29 is 4.74 Å². The molecule has 1 fully saturated rings. The fourth-order valence-electron chi connectivity index (χ4n) is 2.40. The molecule has 3 heterocycles. The van der Waals surface area contributed by atoms with Gasteiger partial charge in [-0.25, -0.2) is 9.67 Å². The molecule has 1 saturated heterocycles. The smallest absolute Gasteiger partial charge is 0.150 e. The van der Waals surface area contributed by atoms with Gasteiger partial charge in [0.15, 0.2) is 0 Å². The largest absolute Gasteiger partial charge is 0.363 e. The Hall–Kier alpha value is -1.88. The maximum Gasteiger partial charge on any atom is 0.150 e. The minimum Gasteiger partial charge on any atom is -0.363 e. The van der Waals surface area contributed by atoms with Crippen molar-refractivity contribution >= 4 is 5.82 Å². The first-order valence-corrected chi connectivity index (χ1v) is 7.03. The molecule has 5 heteroatoms. The molecule has 1 aliphatic heterocycles. The molecule has 0 saturated carbocycles. The molecule has 0 aromatic carbocycles. The Labute approximate surface area is 119 Å². The van der Waals surface area contributed by atoms with Gasteiger partial charge in [0.05, 0.1) is 6.20 Å². The molecule has 0 spiro atoms. The summed E-state index contributed by atoms with van der Waals surface area (Å²) in [5.41, 5.74) is 2.16. The highest BCUT2D eigenvalue weighted by atomic mass is 16.5. The van der Waals surface area contributed by atoms with E-state index in [4.69, 9.17) is 4.74 Å². The van der Waals surface area contributed by atoms with E-state index in [2.05, 4.69) is 16.1 Å². The van der Waals surface area contributed by atoms with Crippen LogP contribution in [0.4, 0.5) is 5.82 Å². The number of aromatic nitrogens is 3. The second-order valence-electron chi connectivity index (χ2n) is 5.33. The zero-order valence-electron chi connectivity index (χ0n) is 12.0. The lowest BCUT2D eigenvalue weighted by Crippen LogP contribution is -2.18. The molecule has 0 aliphatic carbocycles. The summed E-state index contributed by atoms with van der Waals surface area (Å²) in [4.78, 5) is 6.42. The maximum absolute atomic E-state index is 5.74. The topological polar surface area (TPSA) is 43.2 Å². The maximum atomic E-state index is 5.74. The van der Waals surface area contributed by atoms with Crippen LogP contribution in [0.15, 0.2) is 30.7 Å². The molecule has 1 atom stereocenters. The Morgan fingerprint density at radius 2 is 2.10 bits per heavy atom. The van der Waals surface area contributed by atoms with Crippen LogP contribution in [-0.4, -0.2) is 35.5 Å². The minimum atomic E-state index is 0.0894. The first-order chi connectivity index (χ1) is 9.74. The van der Waals surface area contributed by atoms with E-state index in [1.165, 1.54) is 6.42 Å². The number of rotatable bonds is 3. The van der Waals surface area contributed by atoms with Crippen molar-refractivity contribution in [2.24, 2.45) is 0 Å². The van der Waals surface area contributed by atoms with Gasteiger partial charge >= 0.3 is 0 Å². The van der Waals surface area contributed by atoms with Crippen molar-refractivity contribution in [2.45, 2.75) is 25.5 Å². The predicted octanol–water partition coefficient (Wildman–Crippen LogP) is 2.71. The number of pyridine rings is 1. The summed E-state index contributed by atoms with van der Waals surface area (Å²) in [6.07, 6.45) is 9.30. The molecule has 2 aromatic heterocycles. The van der Waals surface area contributed by atoms with Gasteiger partial charge in [-0.2, -0.15) is 5.10 Å². The van der Waals surface area contributed by atoms with Crippen LogP contribution in [0.1, 0.15) is 25.5 Å². The molecule has 20 heavy (non-hydrogen) atoms. The fourth-order valence-corrected chi connectivity index (χ4v) is 2.40. The van der Waals surface area contributed by atoms with Gasteiger partial charge in [0, 0.05) is 44.2 Å². The van der Waals surface area contributed by atoms with E-state index >= 15 is 0 Å². The van der Waals surface area contributed by atoms with Gasteiger partial charge in [0.25, 0.3) is 0 Å². The second kappa shape index (κ2) is 5.63. The summed E-state index contributed by atoms with van der Waals surface area (Å²) >= 11 is 0. The SMILES string of the molecule is CN(C)c1ccc(-c2cnn(C3CCCCO3)c2)cn1. The Balaban J connectivity index is 1.78. The first kappa shape index (κ1) is 13.1. The Morgan fingerprint density at radius 1 is 1.20 bits per heavy atom. The number of anilines is 1. The van der Waals surface area contributed by atoms with Crippen LogP contribution in [0.5, 0.6) is 0 Å². The fraction of sp³-hybridized carbons (Fsp3) is 0.467. The van der Waals surface area contributed by atoms with Gasteiger partial charge < -0.3 is 9.64 Å². The van der Waals surface area contributed by atoms with Crippen LogP contribution in [-0.2, 0) is 4.74 Å². The molecular weight excluding hydrogens is 252 g/mol. The van der Waals surface area contributed by atoms with Gasteiger partial charge in [0.2, 0.25) is 0 Å². The van der Waals surface area contributed by atoms with E-state index in [1.54, 1.807) is 0 Å². The molecule has 5 nitrogen and oxygen atoms in total. The van der Waals surface area contributed by atoms with Gasteiger partial charge in [-0.1, -0.05) is 0 Å². The third-order valence-electron chi connectivity index (χ3n) is 3.59. The van der Waals surface area contributed by atoms with E-state index in [0.29, 0.717) is 0 Å². The highest BCUT2D eigenvalue weighted by Crippen LogP contribution is 2.25. The molecule has 0 radical (unpaired) electrons. The van der Waals surface area contributed by atoms with E-state index in [9.17, 15) is 0 Å². The lowest BCUT2D eigenvalue weighted by Gasteiger charge is -2.22. The average Bonchev–Trinajstić information content (AvgIpc) is 2.98. The van der Waals surface area contributed by atoms with Crippen molar-refractivity contribution in [1.82, 2.24) is 14.8 Å². The first-order valence-electron chi connectivity index (χ1n) is 7.03. The van der Waals surface area contributed by atoms with Gasteiger partial charge in [0.1, 0.15) is 12.0 Å². The minimum absolute atomic E-state index is 0.0894. The lowest BCUT2D eigenvalue weighted by molar-refractivity contribution is -0.0394. The van der Waals surface area contributed by atoms with Crippen LogP contribution >= 0.6 is 0 Å². The van der Waals surface area contributed by atoms with E-state index in [0.717, 1.165) is 36.4 Å². The van der Waals surface area contributed by atoms with E-state index in [1.807, 2.05) is 48.3 Å². The molecule has 0 N–H and O–H groups in total. The third-order valence-corrected chi connectivity index (χ3v) is 3.59. The van der Waals surface area contributed by atoms with Crippen molar-refractivity contribution in [2.75, 3.05) is 25.6 Å². The Bertz CT molecular complexity index is 556. The molecule has 106 valence electrons. The van der Waals surface area contributed by atoms with Gasteiger partial charge in [-0.3, -0.25) is 0 Å². The summed E-state index contributed by atoms with van der Waals surface area (Å²) in [6, 6.07) is 4.09. The normalized spacial score (nSPS) is 19.0. The molecule has 1 aliphatic rings. The summed E-state index contributed by atoms with van der Waals surface area (Å²) in [5, 5.41) is 4.43. The van der Waals surface area contributed by atoms with Crippen molar-refractivity contribution in [3.63, 3.8) is 0 Å². The molecular formula is C15H20N4O. The van der Waals surface area contributed by atoms with Crippen LogP contribution < -0.4 is 4.90 Å². The zero-order valence-corrected chi connectivity index (χ0v) is 12.0. The van der Waals surface area contributed by atoms with E-state index in [-0.39, 0.29) is 6.23 Å². The van der Waals surface area contributed by atoms with Crippen LogP contribution in [0, 0.1) is 0 Å². The number of hydrogen-bond acceptors (Lipinski definition) is 4. The monoisotopic (exact) mass is 272 g/mol. The lowest BCUT2D eigenvalue weighted by atomic mass is 10.1. The summed E-state index contributed by atoms with van der Waals surface area (Å²) in [7, 11) is 3.97. The molecule has 2 aromatic rings. The summed E-state index contributed by atoms with van der Waals surface area (Å²) in [5.74, 6) is 0.955. The van der Waals surface area contributed by atoms with Crippen molar-refractivity contribution in [3.8, 4) is 11.1 Å². The van der Waals surface area contributed by atoms with Crippen LogP contribution in [0.25, 0.3) is 11.1 Å². The van der Waals surface area contributed by atoms with Crippen molar-refractivity contribution in [3.05, 3.63) is 30.7 Å². The quantitative estimate of drug-likeness (QED) is 0.861. The van der Waals surface area contributed by atoms with Gasteiger partial charge in [-0.05, 0) is 31.4 Å². The molecule has 1 unspecified atom stereocenters. The molecule has 3 rings (SSSR count). The standard InChI is InChI=1S/C15H20N4O/c1-18(2)14-7-6-12(9-16-14)13-10-17-19(11-13)15-5-3-4-8-20-15/h6-7,9-11,15H,3-5,8H2,1-2H3. The molecule has 0 bridgehead atoms. The van der Waals surface area contributed by atoms with Crippen LogP contribution in [0.2, 0.25) is 0 Å². The third kappa shape index (κ3) is 2.67. The Morgan fingerprint density at radius 3 is 2.75 bits per heavy atom. The predicted molar refractivity (Wildman–Crippen MR) is 78.6 cm³/mol.